The van der Waals surface area contributed by atoms with E-state index in [9.17, 15) is 14.4 Å². The third-order valence-electron chi connectivity index (χ3n) is 5.36. The zero-order chi connectivity index (χ0) is 18.7. The molecule has 0 aromatic heterocycles. The highest BCUT2D eigenvalue weighted by Gasteiger charge is 2.37. The number of rotatable bonds is 5. The molecule has 0 unspecified atom stereocenters. The summed E-state index contributed by atoms with van der Waals surface area (Å²) in [5.41, 5.74) is 0.733. The second-order valence-corrected chi connectivity index (χ2v) is 7.40. The van der Waals surface area contributed by atoms with Gasteiger partial charge in [-0.05, 0) is 18.8 Å². The largest absolute Gasteiger partial charge is 0.447 e. The summed E-state index contributed by atoms with van der Waals surface area (Å²) >= 11 is 0. The Morgan fingerprint density at radius 1 is 1.15 bits per heavy atom. The van der Waals surface area contributed by atoms with Crippen molar-refractivity contribution in [1.29, 1.82) is 0 Å². The average molecular weight is 358 g/mol. The molecular weight excluding hydrogens is 332 g/mol. The van der Waals surface area contributed by atoms with E-state index in [0.29, 0.717) is 32.5 Å². The number of hydrogen-bond acceptors (Lipinski definition) is 4. The van der Waals surface area contributed by atoms with E-state index in [4.69, 9.17) is 4.74 Å². The number of piperidine rings is 1. The van der Waals surface area contributed by atoms with Crippen LogP contribution in [0, 0.1) is 11.8 Å². The number of hydrogen-bond donors (Lipinski definition) is 0. The van der Waals surface area contributed by atoms with Crippen LogP contribution in [0.1, 0.15) is 37.0 Å². The lowest BCUT2D eigenvalue weighted by molar-refractivity contribution is -0.133. The summed E-state index contributed by atoms with van der Waals surface area (Å²) in [5, 5.41) is 0. The highest BCUT2D eigenvalue weighted by Crippen LogP contribution is 2.23. The minimum atomic E-state index is -0.411. The number of likely N-dealkylation sites (tertiary alicyclic amines) is 1. The molecule has 2 fully saturated rings. The highest BCUT2D eigenvalue weighted by molar-refractivity contribution is 5.98. The number of nitrogens with zero attached hydrogens (tertiary/aromatic N) is 2. The van der Waals surface area contributed by atoms with Gasteiger partial charge in [-0.1, -0.05) is 44.2 Å². The van der Waals surface area contributed by atoms with Gasteiger partial charge >= 0.3 is 6.09 Å². The first-order valence-electron chi connectivity index (χ1n) is 9.27. The number of ketones is 1. The highest BCUT2D eigenvalue weighted by atomic mass is 16.6. The zero-order valence-corrected chi connectivity index (χ0v) is 15.4. The van der Waals surface area contributed by atoms with Crippen LogP contribution in [0.2, 0.25) is 0 Å². The van der Waals surface area contributed by atoms with Crippen LogP contribution in [0.4, 0.5) is 4.79 Å². The molecule has 6 nitrogen and oxygen atoms in total. The predicted molar refractivity (Wildman–Crippen MR) is 96.8 cm³/mol. The maximum absolute atomic E-state index is 12.6. The Balaban J connectivity index is 1.54. The summed E-state index contributed by atoms with van der Waals surface area (Å²) < 4.78 is 5.10. The van der Waals surface area contributed by atoms with Crippen LogP contribution >= 0.6 is 0 Å². The number of carbonyl (C=O) groups excluding carboxylic acids is 3. The molecule has 0 saturated carbocycles. The molecule has 2 aliphatic rings. The van der Waals surface area contributed by atoms with E-state index in [2.05, 4.69) is 0 Å². The molecule has 2 amide bonds. The summed E-state index contributed by atoms with van der Waals surface area (Å²) in [7, 11) is 0. The number of carbonyl (C=O) groups is 3. The molecule has 3 rings (SSSR count). The van der Waals surface area contributed by atoms with Crippen molar-refractivity contribution in [3.8, 4) is 0 Å². The van der Waals surface area contributed by atoms with Crippen molar-refractivity contribution in [1.82, 2.24) is 9.80 Å². The maximum atomic E-state index is 12.6. The lowest BCUT2D eigenvalue weighted by Crippen LogP contribution is -2.48. The fraction of sp³-hybridized carbons (Fsp3) is 0.550. The van der Waals surface area contributed by atoms with E-state index >= 15 is 0 Å². The van der Waals surface area contributed by atoms with Crippen LogP contribution < -0.4 is 0 Å². The molecule has 2 saturated heterocycles. The van der Waals surface area contributed by atoms with Crippen LogP contribution in [0.25, 0.3) is 0 Å². The van der Waals surface area contributed by atoms with Crippen molar-refractivity contribution >= 4 is 17.8 Å². The number of amides is 2. The van der Waals surface area contributed by atoms with Crippen molar-refractivity contribution in [3.63, 3.8) is 0 Å². The quantitative estimate of drug-likeness (QED) is 0.759. The monoisotopic (exact) mass is 358 g/mol. The van der Waals surface area contributed by atoms with E-state index in [1.54, 1.807) is 4.90 Å². The van der Waals surface area contributed by atoms with Crippen molar-refractivity contribution in [2.45, 2.75) is 32.7 Å². The van der Waals surface area contributed by atoms with E-state index < -0.39 is 6.09 Å². The molecular formula is C20H26N2O4. The molecule has 140 valence electrons. The number of ether oxygens (including phenoxy) is 1. The van der Waals surface area contributed by atoms with Gasteiger partial charge in [-0.15, -0.1) is 0 Å². The fourth-order valence-electron chi connectivity index (χ4n) is 3.67. The Labute approximate surface area is 154 Å². The molecule has 0 N–H and O–H groups in total. The molecule has 6 heteroatoms. The van der Waals surface area contributed by atoms with Gasteiger partial charge in [-0.2, -0.15) is 0 Å². The summed E-state index contributed by atoms with van der Waals surface area (Å²) in [6.07, 6.45) is 0.917. The van der Waals surface area contributed by atoms with Gasteiger partial charge in [0, 0.05) is 24.6 Å². The van der Waals surface area contributed by atoms with Gasteiger partial charge in [0.1, 0.15) is 13.2 Å². The third-order valence-corrected chi connectivity index (χ3v) is 5.36. The number of benzene rings is 1. The molecule has 1 atom stereocenters. The lowest BCUT2D eigenvalue weighted by atomic mass is 9.89. The average Bonchev–Trinajstić information content (AvgIpc) is 3.02. The molecule has 1 aromatic rings. The fourth-order valence-corrected chi connectivity index (χ4v) is 3.67. The molecule has 2 aliphatic heterocycles. The Bertz CT molecular complexity index is 666. The SMILES string of the molecule is CC(C)[C@H]1COC(=O)N1CC(=O)N1CCC(C(=O)c2ccccc2)CC1. The minimum Gasteiger partial charge on any atom is -0.447 e. The van der Waals surface area contributed by atoms with Gasteiger partial charge in [0.2, 0.25) is 5.91 Å². The third kappa shape index (κ3) is 3.89. The Morgan fingerprint density at radius 3 is 2.42 bits per heavy atom. The topological polar surface area (TPSA) is 66.9 Å². The normalized spacial score (nSPS) is 21.2. The number of Topliss-reactive ketones (excluding diaryl/α,β-unsaturated/α-hetero) is 1. The van der Waals surface area contributed by atoms with E-state index in [-0.39, 0.29) is 36.1 Å². The summed E-state index contributed by atoms with van der Waals surface area (Å²) in [5.74, 6) is 0.283. The molecule has 0 radical (unpaired) electrons. The van der Waals surface area contributed by atoms with Gasteiger partial charge in [-0.25, -0.2) is 4.79 Å². The van der Waals surface area contributed by atoms with Crippen molar-refractivity contribution in [2.24, 2.45) is 11.8 Å². The van der Waals surface area contributed by atoms with Gasteiger partial charge in [-0.3, -0.25) is 14.5 Å². The number of cyclic esters (lactones) is 1. The standard InChI is InChI=1S/C20H26N2O4/c1-14(2)17-13-26-20(25)22(17)12-18(23)21-10-8-16(9-11-21)19(24)15-6-4-3-5-7-15/h3-7,14,16-17H,8-13H2,1-2H3/t17-/m1/s1. The Morgan fingerprint density at radius 2 is 1.81 bits per heavy atom. The first kappa shape index (κ1) is 18.4. The van der Waals surface area contributed by atoms with E-state index in [0.717, 1.165) is 5.56 Å². The van der Waals surface area contributed by atoms with Crippen molar-refractivity contribution in [3.05, 3.63) is 35.9 Å². The molecule has 1 aromatic carbocycles. The van der Waals surface area contributed by atoms with Gasteiger partial charge in [0.25, 0.3) is 0 Å². The molecule has 0 spiro atoms. The van der Waals surface area contributed by atoms with Crippen molar-refractivity contribution in [2.75, 3.05) is 26.2 Å². The van der Waals surface area contributed by atoms with E-state index in [1.807, 2.05) is 44.2 Å². The summed E-state index contributed by atoms with van der Waals surface area (Å²) in [6.45, 7) is 5.54. The van der Waals surface area contributed by atoms with Gasteiger partial charge in [0.15, 0.2) is 5.78 Å². The van der Waals surface area contributed by atoms with E-state index in [1.165, 1.54) is 4.90 Å². The smallest absolute Gasteiger partial charge is 0.410 e. The van der Waals surface area contributed by atoms with Crippen LogP contribution in [0.15, 0.2) is 30.3 Å². The maximum Gasteiger partial charge on any atom is 0.410 e. The molecule has 0 bridgehead atoms. The first-order chi connectivity index (χ1) is 12.5. The van der Waals surface area contributed by atoms with Crippen LogP contribution in [0.3, 0.4) is 0 Å². The summed E-state index contributed by atoms with van der Waals surface area (Å²) in [4.78, 5) is 40.3. The van der Waals surface area contributed by atoms with Crippen LogP contribution in [-0.2, 0) is 9.53 Å². The second kappa shape index (κ2) is 7.89. The van der Waals surface area contributed by atoms with Crippen LogP contribution in [-0.4, -0.2) is 59.9 Å². The molecule has 26 heavy (non-hydrogen) atoms. The zero-order valence-electron chi connectivity index (χ0n) is 15.4. The first-order valence-corrected chi connectivity index (χ1v) is 9.27. The Hall–Kier alpha value is -2.37. The molecule has 2 heterocycles. The predicted octanol–water partition coefficient (Wildman–Crippen LogP) is 2.58. The Kier molecular flexibility index (Phi) is 5.59. The van der Waals surface area contributed by atoms with Gasteiger partial charge < -0.3 is 9.64 Å². The van der Waals surface area contributed by atoms with Crippen LogP contribution in [0.5, 0.6) is 0 Å². The molecule has 0 aliphatic carbocycles. The second-order valence-electron chi connectivity index (χ2n) is 7.40. The summed E-state index contributed by atoms with van der Waals surface area (Å²) in [6, 6.07) is 9.25. The lowest BCUT2D eigenvalue weighted by Gasteiger charge is -2.33. The van der Waals surface area contributed by atoms with Crippen molar-refractivity contribution < 1.29 is 19.1 Å². The minimum absolute atomic E-state index is 0.0402. The van der Waals surface area contributed by atoms with Gasteiger partial charge in [0.05, 0.1) is 6.04 Å².